The lowest BCUT2D eigenvalue weighted by Crippen LogP contribution is -2.48. The number of benzene rings is 1. The zero-order valence-corrected chi connectivity index (χ0v) is 12.0. The van der Waals surface area contributed by atoms with Crippen molar-refractivity contribution in [2.45, 2.75) is 32.4 Å². The van der Waals surface area contributed by atoms with Crippen molar-refractivity contribution in [1.82, 2.24) is 4.90 Å². The molecule has 19 heavy (non-hydrogen) atoms. The minimum Gasteiger partial charge on any atom is -0.329 e. The van der Waals surface area contributed by atoms with E-state index >= 15 is 0 Å². The molecule has 0 aromatic heterocycles. The van der Waals surface area contributed by atoms with Gasteiger partial charge >= 0.3 is 0 Å². The summed E-state index contributed by atoms with van der Waals surface area (Å²) in [6.45, 7) is 4.85. The highest BCUT2D eigenvalue weighted by atomic mass is 35.5. The second-order valence-corrected chi connectivity index (χ2v) is 5.72. The first-order valence-electron chi connectivity index (χ1n) is 6.78. The van der Waals surface area contributed by atoms with E-state index in [4.69, 9.17) is 22.6 Å². The first-order chi connectivity index (χ1) is 9.15. The second-order valence-electron chi connectivity index (χ2n) is 5.31. The van der Waals surface area contributed by atoms with Crippen LogP contribution in [0.3, 0.4) is 0 Å². The molecule has 1 aromatic carbocycles. The molecule has 0 saturated carbocycles. The van der Waals surface area contributed by atoms with Crippen LogP contribution < -0.4 is 5.73 Å². The van der Waals surface area contributed by atoms with E-state index in [9.17, 15) is 0 Å². The third-order valence-electron chi connectivity index (χ3n) is 4.03. The van der Waals surface area contributed by atoms with Gasteiger partial charge in [-0.15, -0.1) is 0 Å². The predicted molar refractivity (Wildman–Crippen MR) is 77.8 cm³/mol. The maximum absolute atomic E-state index is 8.85. The maximum atomic E-state index is 8.85. The maximum Gasteiger partial charge on any atom is 0.0992 e. The van der Waals surface area contributed by atoms with Crippen LogP contribution >= 0.6 is 11.6 Å². The monoisotopic (exact) mass is 277 g/mol. The van der Waals surface area contributed by atoms with Gasteiger partial charge in [0.05, 0.1) is 11.6 Å². The first-order valence-corrected chi connectivity index (χ1v) is 7.16. The van der Waals surface area contributed by atoms with Crippen molar-refractivity contribution in [3.05, 3.63) is 34.3 Å². The highest BCUT2D eigenvalue weighted by Gasteiger charge is 2.27. The summed E-state index contributed by atoms with van der Waals surface area (Å²) in [5.41, 5.74) is 7.59. The summed E-state index contributed by atoms with van der Waals surface area (Å²) in [6.07, 6.45) is 2.46. The SMILES string of the molecule is CC1CCCN(Cc2ccc(C#N)cc2Cl)C1CN. The smallest absolute Gasteiger partial charge is 0.0992 e. The standard InChI is InChI=1S/C15H20ClN3/c1-11-3-2-6-19(15(11)9-18)10-13-5-4-12(8-17)7-14(13)16/h4-5,7,11,15H,2-3,6,9-10,18H2,1H3. The Bertz CT molecular complexity index is 481. The highest BCUT2D eigenvalue weighted by Crippen LogP contribution is 2.26. The van der Waals surface area contributed by atoms with Crippen molar-refractivity contribution in [1.29, 1.82) is 5.26 Å². The molecule has 0 spiro atoms. The average Bonchev–Trinajstić information content (AvgIpc) is 2.41. The van der Waals surface area contributed by atoms with E-state index in [1.54, 1.807) is 6.07 Å². The number of hydrogen-bond acceptors (Lipinski definition) is 3. The molecular formula is C15H20ClN3. The van der Waals surface area contributed by atoms with Crippen molar-refractivity contribution in [2.75, 3.05) is 13.1 Å². The van der Waals surface area contributed by atoms with Crippen molar-refractivity contribution in [2.24, 2.45) is 11.7 Å². The van der Waals surface area contributed by atoms with Gasteiger partial charge < -0.3 is 5.73 Å². The van der Waals surface area contributed by atoms with Gasteiger partial charge in [-0.25, -0.2) is 0 Å². The first kappa shape index (κ1) is 14.3. The van der Waals surface area contributed by atoms with Gasteiger partial charge in [0.15, 0.2) is 0 Å². The van der Waals surface area contributed by atoms with E-state index in [1.165, 1.54) is 12.8 Å². The van der Waals surface area contributed by atoms with E-state index < -0.39 is 0 Å². The second kappa shape index (κ2) is 6.38. The fourth-order valence-corrected chi connectivity index (χ4v) is 3.12. The fourth-order valence-electron chi connectivity index (χ4n) is 2.88. The number of halogens is 1. The fraction of sp³-hybridized carbons (Fsp3) is 0.533. The molecule has 4 heteroatoms. The van der Waals surface area contributed by atoms with E-state index in [1.807, 2.05) is 12.1 Å². The minimum absolute atomic E-state index is 0.431. The van der Waals surface area contributed by atoms with Gasteiger partial charge in [0.25, 0.3) is 0 Å². The average molecular weight is 278 g/mol. The molecule has 2 atom stereocenters. The zero-order valence-electron chi connectivity index (χ0n) is 11.3. The molecular weight excluding hydrogens is 258 g/mol. The van der Waals surface area contributed by atoms with Crippen LogP contribution in [0, 0.1) is 17.2 Å². The van der Waals surface area contributed by atoms with Gasteiger partial charge in [0.1, 0.15) is 0 Å². The molecule has 1 aliphatic rings. The minimum atomic E-state index is 0.431. The van der Waals surface area contributed by atoms with Gasteiger partial charge in [-0.1, -0.05) is 24.6 Å². The van der Waals surface area contributed by atoms with Crippen molar-refractivity contribution >= 4 is 11.6 Å². The van der Waals surface area contributed by atoms with Crippen LogP contribution in [-0.2, 0) is 6.54 Å². The summed E-state index contributed by atoms with van der Waals surface area (Å²) < 4.78 is 0. The highest BCUT2D eigenvalue weighted by molar-refractivity contribution is 6.31. The largest absolute Gasteiger partial charge is 0.329 e. The van der Waals surface area contributed by atoms with Crippen molar-refractivity contribution in [3.8, 4) is 6.07 Å². The summed E-state index contributed by atoms with van der Waals surface area (Å²) in [5, 5.41) is 9.53. The van der Waals surface area contributed by atoms with Crippen molar-refractivity contribution in [3.63, 3.8) is 0 Å². The lowest BCUT2D eigenvalue weighted by atomic mass is 9.90. The van der Waals surface area contributed by atoms with Crippen LogP contribution in [0.5, 0.6) is 0 Å². The Morgan fingerprint density at radius 3 is 2.95 bits per heavy atom. The topological polar surface area (TPSA) is 53.0 Å². The van der Waals surface area contributed by atoms with Crippen LogP contribution in [0.2, 0.25) is 5.02 Å². The normalized spacial score (nSPS) is 24.1. The van der Waals surface area contributed by atoms with E-state index in [2.05, 4.69) is 17.9 Å². The summed E-state index contributed by atoms with van der Waals surface area (Å²) >= 11 is 6.25. The summed E-state index contributed by atoms with van der Waals surface area (Å²) in [4.78, 5) is 2.42. The third-order valence-corrected chi connectivity index (χ3v) is 4.38. The lowest BCUT2D eigenvalue weighted by molar-refractivity contribution is 0.0991. The molecule has 1 saturated heterocycles. The Hall–Kier alpha value is -1.08. The molecule has 2 N–H and O–H groups in total. The molecule has 1 aliphatic heterocycles. The van der Waals surface area contributed by atoms with Crippen LogP contribution in [0.25, 0.3) is 0 Å². The van der Waals surface area contributed by atoms with Gasteiger partial charge in [-0.3, -0.25) is 4.90 Å². The molecule has 1 fully saturated rings. The molecule has 0 radical (unpaired) electrons. The Morgan fingerprint density at radius 1 is 1.53 bits per heavy atom. The molecule has 2 unspecified atom stereocenters. The molecule has 0 amide bonds. The quantitative estimate of drug-likeness (QED) is 0.924. The van der Waals surface area contributed by atoms with E-state index in [0.29, 0.717) is 29.1 Å². The number of nitrogens with zero attached hydrogens (tertiary/aromatic N) is 2. The molecule has 1 heterocycles. The Morgan fingerprint density at radius 2 is 2.32 bits per heavy atom. The van der Waals surface area contributed by atoms with Crippen LogP contribution in [0.1, 0.15) is 30.9 Å². The Kier molecular flexibility index (Phi) is 4.81. The van der Waals surface area contributed by atoms with Crippen molar-refractivity contribution < 1.29 is 0 Å². The molecule has 0 bridgehead atoms. The number of rotatable bonds is 3. The van der Waals surface area contributed by atoms with E-state index in [0.717, 1.165) is 18.7 Å². The van der Waals surface area contributed by atoms with Gasteiger partial charge in [0, 0.05) is 24.2 Å². The molecule has 2 rings (SSSR count). The van der Waals surface area contributed by atoms with E-state index in [-0.39, 0.29) is 0 Å². The number of nitrogens with two attached hydrogens (primary N) is 1. The Balaban J connectivity index is 2.14. The van der Waals surface area contributed by atoms with Crippen LogP contribution in [-0.4, -0.2) is 24.0 Å². The molecule has 1 aromatic rings. The lowest BCUT2D eigenvalue weighted by Gasteiger charge is -2.39. The van der Waals surface area contributed by atoms with Gasteiger partial charge in [-0.2, -0.15) is 5.26 Å². The molecule has 3 nitrogen and oxygen atoms in total. The number of hydrogen-bond donors (Lipinski definition) is 1. The third kappa shape index (κ3) is 3.27. The number of piperidine rings is 1. The van der Waals surface area contributed by atoms with Gasteiger partial charge in [0.2, 0.25) is 0 Å². The molecule has 0 aliphatic carbocycles. The molecule has 102 valence electrons. The summed E-state index contributed by atoms with van der Waals surface area (Å²) in [7, 11) is 0. The zero-order chi connectivity index (χ0) is 13.8. The van der Waals surface area contributed by atoms with Crippen LogP contribution in [0.15, 0.2) is 18.2 Å². The number of likely N-dealkylation sites (tertiary alicyclic amines) is 1. The number of nitriles is 1. The summed E-state index contributed by atoms with van der Waals surface area (Å²) in [5.74, 6) is 0.635. The summed E-state index contributed by atoms with van der Waals surface area (Å²) in [6, 6.07) is 8.05. The van der Waals surface area contributed by atoms with Gasteiger partial charge in [-0.05, 0) is 43.0 Å². The Labute approximate surface area is 120 Å². The van der Waals surface area contributed by atoms with Crippen LogP contribution in [0.4, 0.5) is 0 Å². The predicted octanol–water partition coefficient (Wildman–Crippen LogP) is 2.77.